The van der Waals surface area contributed by atoms with Crippen molar-refractivity contribution in [3.8, 4) is 0 Å². The largest absolute Gasteiger partial charge is 0.465 e. The molecule has 1 N–H and O–H groups in total. The van der Waals surface area contributed by atoms with Crippen molar-refractivity contribution in [2.24, 2.45) is 11.8 Å². The molecule has 1 aliphatic heterocycles. The van der Waals surface area contributed by atoms with Crippen molar-refractivity contribution in [3.63, 3.8) is 0 Å². The minimum absolute atomic E-state index is 0.0334. The third-order valence-corrected chi connectivity index (χ3v) is 6.71. The third-order valence-electron chi connectivity index (χ3n) is 4.75. The molecule has 0 radical (unpaired) electrons. The van der Waals surface area contributed by atoms with E-state index in [2.05, 4.69) is 10.1 Å². The topological polar surface area (TPSA) is 119 Å². The molecule has 1 aromatic carbocycles. The zero-order valence-electron chi connectivity index (χ0n) is 17.4. The van der Waals surface area contributed by atoms with E-state index < -0.39 is 27.9 Å². The summed E-state index contributed by atoms with van der Waals surface area (Å²) in [5.41, 5.74) is -0.0334. The lowest BCUT2D eigenvalue weighted by Gasteiger charge is -2.30. The zero-order valence-corrected chi connectivity index (χ0v) is 18.2. The van der Waals surface area contributed by atoms with Gasteiger partial charge < -0.3 is 14.8 Å². The molecule has 0 spiro atoms. The standard InChI is InChI=1S/C20H28N2O7S/c1-14(2)12-21-18(23)13-29-19(24)15-8-10-22(11-9-15)30(26,27)17-7-5-4-6-16(17)20(25)28-3/h4-7,14-15H,8-13H2,1-3H3,(H,21,23). The second-order valence-electron chi connectivity index (χ2n) is 7.47. The number of methoxy groups -OCH3 is 1. The molecule has 9 nitrogen and oxygen atoms in total. The SMILES string of the molecule is COC(=O)c1ccccc1S(=O)(=O)N1CCC(C(=O)OCC(=O)NCC(C)C)CC1. The minimum atomic E-state index is -3.92. The quantitative estimate of drug-likeness (QED) is 0.603. The molecule has 0 bridgehead atoms. The van der Waals surface area contributed by atoms with Crippen LogP contribution < -0.4 is 5.32 Å². The number of nitrogens with zero attached hydrogens (tertiary/aromatic N) is 1. The Labute approximate surface area is 176 Å². The number of amides is 1. The summed E-state index contributed by atoms with van der Waals surface area (Å²) in [7, 11) is -2.74. The van der Waals surface area contributed by atoms with Crippen molar-refractivity contribution in [2.45, 2.75) is 31.6 Å². The minimum Gasteiger partial charge on any atom is -0.465 e. The molecule has 1 aromatic rings. The molecule has 1 aliphatic rings. The van der Waals surface area contributed by atoms with Crippen molar-refractivity contribution in [2.75, 3.05) is 33.4 Å². The predicted molar refractivity (Wildman–Crippen MR) is 108 cm³/mol. The van der Waals surface area contributed by atoms with E-state index in [1.165, 1.54) is 29.6 Å². The van der Waals surface area contributed by atoms with Crippen molar-refractivity contribution >= 4 is 27.9 Å². The van der Waals surface area contributed by atoms with Crippen LogP contribution in [0.2, 0.25) is 0 Å². The third kappa shape index (κ3) is 6.02. The average Bonchev–Trinajstić information content (AvgIpc) is 2.75. The lowest BCUT2D eigenvalue weighted by Crippen LogP contribution is -2.41. The molecule has 30 heavy (non-hydrogen) atoms. The average molecular weight is 441 g/mol. The van der Waals surface area contributed by atoms with Crippen LogP contribution in [0.4, 0.5) is 0 Å². The van der Waals surface area contributed by atoms with E-state index in [1.54, 1.807) is 6.07 Å². The van der Waals surface area contributed by atoms with Crippen LogP contribution >= 0.6 is 0 Å². The van der Waals surface area contributed by atoms with E-state index in [0.717, 1.165) is 0 Å². The number of hydrogen-bond acceptors (Lipinski definition) is 7. The highest BCUT2D eigenvalue weighted by molar-refractivity contribution is 7.89. The normalized spacial score (nSPS) is 15.6. The number of benzene rings is 1. The Morgan fingerprint density at radius 3 is 2.40 bits per heavy atom. The number of nitrogens with one attached hydrogen (secondary N) is 1. The highest BCUT2D eigenvalue weighted by atomic mass is 32.2. The molecule has 0 aliphatic carbocycles. The Balaban J connectivity index is 1.95. The first-order valence-corrected chi connectivity index (χ1v) is 11.2. The lowest BCUT2D eigenvalue weighted by atomic mass is 9.98. The Kier molecular flexibility index (Phi) is 8.36. The summed E-state index contributed by atoms with van der Waals surface area (Å²) in [6.45, 7) is 4.28. The van der Waals surface area contributed by atoms with E-state index in [0.29, 0.717) is 12.5 Å². The first-order chi connectivity index (χ1) is 14.2. The predicted octanol–water partition coefficient (Wildman–Crippen LogP) is 1.19. The van der Waals surface area contributed by atoms with Crippen LogP contribution in [0.25, 0.3) is 0 Å². The number of ether oxygens (including phenoxy) is 2. The van der Waals surface area contributed by atoms with Gasteiger partial charge in [0.15, 0.2) is 6.61 Å². The van der Waals surface area contributed by atoms with Crippen molar-refractivity contribution in [1.82, 2.24) is 9.62 Å². The van der Waals surface area contributed by atoms with Crippen molar-refractivity contribution in [1.29, 1.82) is 0 Å². The van der Waals surface area contributed by atoms with Gasteiger partial charge in [0.1, 0.15) is 0 Å². The van der Waals surface area contributed by atoms with Gasteiger partial charge in [-0.25, -0.2) is 13.2 Å². The molecule has 166 valence electrons. The van der Waals surface area contributed by atoms with Gasteiger partial charge in [0.05, 0.1) is 23.5 Å². The molecular formula is C20H28N2O7S. The summed E-state index contributed by atoms with van der Waals surface area (Å²) in [4.78, 5) is 35.7. The summed E-state index contributed by atoms with van der Waals surface area (Å²) < 4.78 is 37.0. The van der Waals surface area contributed by atoms with Gasteiger partial charge in [0.2, 0.25) is 10.0 Å². The molecule has 1 fully saturated rings. The molecule has 10 heteroatoms. The second kappa shape index (κ2) is 10.5. The summed E-state index contributed by atoms with van der Waals surface area (Å²) in [5, 5.41) is 2.66. The Morgan fingerprint density at radius 1 is 1.17 bits per heavy atom. The van der Waals surface area contributed by atoms with Gasteiger partial charge in [-0.15, -0.1) is 0 Å². The van der Waals surface area contributed by atoms with Gasteiger partial charge in [0.25, 0.3) is 5.91 Å². The van der Waals surface area contributed by atoms with Crippen molar-refractivity contribution < 1.29 is 32.3 Å². The molecule has 1 amide bonds. The molecular weight excluding hydrogens is 412 g/mol. The molecule has 0 unspecified atom stereocenters. The summed E-state index contributed by atoms with van der Waals surface area (Å²) in [6.07, 6.45) is 0.540. The highest BCUT2D eigenvalue weighted by Gasteiger charge is 2.35. The van der Waals surface area contributed by atoms with Crippen LogP contribution in [0.15, 0.2) is 29.2 Å². The molecule has 0 saturated carbocycles. The number of hydrogen-bond donors (Lipinski definition) is 1. The van der Waals surface area contributed by atoms with Crippen LogP contribution in [-0.4, -0.2) is 63.9 Å². The molecule has 1 heterocycles. The number of rotatable bonds is 8. The van der Waals surface area contributed by atoms with Gasteiger partial charge in [-0.1, -0.05) is 26.0 Å². The van der Waals surface area contributed by atoms with Crippen LogP contribution in [0.3, 0.4) is 0 Å². The van der Waals surface area contributed by atoms with E-state index in [1.807, 2.05) is 13.8 Å². The summed E-state index contributed by atoms with van der Waals surface area (Å²) in [6, 6.07) is 5.85. The maximum Gasteiger partial charge on any atom is 0.339 e. The first-order valence-electron chi connectivity index (χ1n) is 9.77. The zero-order chi connectivity index (χ0) is 22.3. The number of piperidine rings is 1. The fourth-order valence-corrected chi connectivity index (χ4v) is 4.71. The van der Waals surface area contributed by atoms with Gasteiger partial charge in [0, 0.05) is 19.6 Å². The Morgan fingerprint density at radius 2 is 1.80 bits per heavy atom. The van der Waals surface area contributed by atoms with Crippen LogP contribution in [0.1, 0.15) is 37.0 Å². The smallest absolute Gasteiger partial charge is 0.339 e. The van der Waals surface area contributed by atoms with Crippen molar-refractivity contribution in [3.05, 3.63) is 29.8 Å². The van der Waals surface area contributed by atoms with Gasteiger partial charge in [-0.2, -0.15) is 4.31 Å². The number of carbonyl (C=O) groups excluding carboxylic acids is 3. The van der Waals surface area contributed by atoms with E-state index in [-0.39, 0.29) is 48.9 Å². The van der Waals surface area contributed by atoms with Crippen LogP contribution in [-0.2, 0) is 29.1 Å². The van der Waals surface area contributed by atoms with Gasteiger partial charge in [-0.05, 0) is 30.9 Å². The molecule has 0 atom stereocenters. The molecule has 2 rings (SSSR count). The van der Waals surface area contributed by atoms with Gasteiger partial charge in [-0.3, -0.25) is 9.59 Å². The van der Waals surface area contributed by atoms with Crippen LogP contribution in [0.5, 0.6) is 0 Å². The number of sulfonamides is 1. The van der Waals surface area contributed by atoms with E-state index >= 15 is 0 Å². The number of esters is 2. The summed E-state index contributed by atoms with van der Waals surface area (Å²) >= 11 is 0. The Hall–Kier alpha value is -2.46. The van der Waals surface area contributed by atoms with E-state index in [4.69, 9.17) is 4.74 Å². The van der Waals surface area contributed by atoms with Crippen LogP contribution in [0, 0.1) is 11.8 Å². The molecule has 0 aromatic heterocycles. The number of carbonyl (C=O) groups is 3. The maximum atomic E-state index is 13.0. The highest BCUT2D eigenvalue weighted by Crippen LogP contribution is 2.26. The maximum absolute atomic E-state index is 13.0. The fraction of sp³-hybridized carbons (Fsp3) is 0.550. The van der Waals surface area contributed by atoms with E-state index in [9.17, 15) is 22.8 Å². The second-order valence-corrected chi connectivity index (χ2v) is 9.38. The monoisotopic (exact) mass is 440 g/mol. The van der Waals surface area contributed by atoms with Gasteiger partial charge >= 0.3 is 11.9 Å². The lowest BCUT2D eigenvalue weighted by molar-refractivity contribution is -0.153. The fourth-order valence-electron chi connectivity index (χ4n) is 3.06. The first kappa shape index (κ1) is 23.8. The Bertz CT molecular complexity index is 875. The molecule has 1 saturated heterocycles. The summed E-state index contributed by atoms with van der Waals surface area (Å²) in [5.74, 6) is -1.80.